The topological polar surface area (TPSA) is 85.6 Å². The molecule has 4 aromatic rings. The second-order valence-corrected chi connectivity index (χ2v) is 8.23. The fourth-order valence-corrected chi connectivity index (χ4v) is 4.35. The summed E-state index contributed by atoms with van der Waals surface area (Å²) < 4.78 is 29.1. The van der Waals surface area contributed by atoms with Gasteiger partial charge in [-0.2, -0.15) is 5.10 Å². The highest BCUT2D eigenvalue weighted by Gasteiger charge is 2.23. The summed E-state index contributed by atoms with van der Waals surface area (Å²) in [5.41, 5.74) is 2.85. The van der Waals surface area contributed by atoms with Gasteiger partial charge in [0, 0.05) is 12.2 Å². The number of aromatic nitrogens is 5. The zero-order chi connectivity index (χ0) is 18.5. The van der Waals surface area contributed by atoms with Crippen molar-refractivity contribution >= 4 is 21.2 Å². The van der Waals surface area contributed by atoms with Crippen molar-refractivity contribution in [3.05, 3.63) is 54.4 Å². The number of hydrogen-bond acceptors (Lipinski definition) is 4. The average Bonchev–Trinajstić information content (AvgIpc) is 3.31. The van der Waals surface area contributed by atoms with E-state index in [1.165, 1.54) is 10.2 Å². The first-order valence-corrected chi connectivity index (χ1v) is 9.77. The van der Waals surface area contributed by atoms with Crippen molar-refractivity contribution in [1.82, 2.24) is 23.7 Å². The van der Waals surface area contributed by atoms with E-state index < -0.39 is 10.0 Å². The van der Waals surface area contributed by atoms with Crippen LogP contribution in [-0.2, 0) is 10.0 Å². The number of nitrogens with one attached hydrogen (secondary N) is 1. The minimum Gasteiger partial charge on any atom is -0.334 e. The van der Waals surface area contributed by atoms with Crippen molar-refractivity contribution < 1.29 is 8.42 Å². The van der Waals surface area contributed by atoms with Gasteiger partial charge >= 0.3 is 0 Å². The second-order valence-electron chi connectivity index (χ2n) is 6.42. The van der Waals surface area contributed by atoms with Gasteiger partial charge in [0.15, 0.2) is 11.5 Å². The monoisotopic (exact) mass is 369 g/mol. The lowest BCUT2D eigenvalue weighted by Gasteiger charge is -2.09. The van der Waals surface area contributed by atoms with E-state index >= 15 is 0 Å². The van der Waals surface area contributed by atoms with Crippen LogP contribution in [-0.4, -0.2) is 32.1 Å². The zero-order valence-corrected chi connectivity index (χ0v) is 15.5. The SMILES string of the molecule is Cc1nn(C(C)C)c2nc(-c3cccn3S(=O)(=O)c3ccccc3)[nH]c12. The summed E-state index contributed by atoms with van der Waals surface area (Å²) in [5.74, 6) is 0.499. The Morgan fingerprint density at radius 3 is 2.50 bits per heavy atom. The van der Waals surface area contributed by atoms with Gasteiger partial charge in [-0.1, -0.05) is 18.2 Å². The Bertz CT molecular complexity index is 1180. The van der Waals surface area contributed by atoms with Crippen molar-refractivity contribution in [2.45, 2.75) is 31.7 Å². The van der Waals surface area contributed by atoms with E-state index in [-0.39, 0.29) is 10.9 Å². The molecule has 3 aromatic heterocycles. The first-order chi connectivity index (χ1) is 12.4. The summed E-state index contributed by atoms with van der Waals surface area (Å²) in [6, 6.07) is 12.0. The highest BCUT2D eigenvalue weighted by Crippen LogP contribution is 2.27. The van der Waals surface area contributed by atoms with E-state index in [4.69, 9.17) is 0 Å². The van der Waals surface area contributed by atoms with Crippen LogP contribution in [0, 0.1) is 6.92 Å². The van der Waals surface area contributed by atoms with Crippen LogP contribution >= 0.6 is 0 Å². The summed E-state index contributed by atoms with van der Waals surface area (Å²) >= 11 is 0. The van der Waals surface area contributed by atoms with Crippen molar-refractivity contribution in [3.8, 4) is 11.5 Å². The summed E-state index contributed by atoms with van der Waals surface area (Å²) in [6.45, 7) is 5.97. The van der Waals surface area contributed by atoms with Crippen LogP contribution in [0.25, 0.3) is 22.7 Å². The van der Waals surface area contributed by atoms with Crippen molar-refractivity contribution in [1.29, 1.82) is 0 Å². The largest absolute Gasteiger partial charge is 0.334 e. The minimum absolute atomic E-state index is 0.155. The van der Waals surface area contributed by atoms with E-state index in [1.54, 1.807) is 42.5 Å². The molecule has 1 aromatic carbocycles. The second kappa shape index (κ2) is 5.84. The van der Waals surface area contributed by atoms with Crippen molar-refractivity contribution in [3.63, 3.8) is 0 Å². The van der Waals surface area contributed by atoms with Crippen LogP contribution in [0.4, 0.5) is 0 Å². The van der Waals surface area contributed by atoms with Gasteiger partial charge in [0.1, 0.15) is 5.52 Å². The van der Waals surface area contributed by atoms with Crippen LogP contribution in [0.1, 0.15) is 25.6 Å². The summed E-state index contributed by atoms with van der Waals surface area (Å²) in [5, 5.41) is 4.49. The third-order valence-electron chi connectivity index (χ3n) is 4.27. The molecule has 0 spiro atoms. The van der Waals surface area contributed by atoms with Crippen LogP contribution < -0.4 is 0 Å². The number of aryl methyl sites for hydroxylation is 1. The predicted molar refractivity (Wildman–Crippen MR) is 99.5 cm³/mol. The summed E-state index contributed by atoms with van der Waals surface area (Å²) in [6.07, 6.45) is 1.53. The molecule has 0 aliphatic rings. The lowest BCUT2D eigenvalue weighted by molar-refractivity contribution is 0.543. The van der Waals surface area contributed by atoms with Gasteiger partial charge in [-0.05, 0) is 45.0 Å². The molecule has 0 saturated heterocycles. The minimum atomic E-state index is -3.70. The molecule has 0 radical (unpaired) electrons. The molecule has 4 rings (SSSR count). The predicted octanol–water partition coefficient (Wildman–Crippen LogP) is 3.35. The van der Waals surface area contributed by atoms with E-state index in [2.05, 4.69) is 15.1 Å². The molecule has 0 amide bonds. The van der Waals surface area contributed by atoms with E-state index in [0.29, 0.717) is 11.5 Å². The first-order valence-electron chi connectivity index (χ1n) is 8.33. The number of H-pyrrole nitrogens is 1. The molecule has 7 nitrogen and oxygen atoms in total. The standard InChI is InChI=1S/C18H19N5O2S/c1-12(2)23-18-16(13(3)21-23)19-17(20-18)15-10-7-11-22(15)26(24,25)14-8-5-4-6-9-14/h4-12H,1-3H3,(H,19,20). The van der Waals surface area contributed by atoms with Crippen LogP contribution in [0.2, 0.25) is 0 Å². The fraction of sp³-hybridized carbons (Fsp3) is 0.222. The van der Waals surface area contributed by atoms with E-state index in [0.717, 1.165) is 16.9 Å². The fourth-order valence-electron chi connectivity index (χ4n) is 2.99. The highest BCUT2D eigenvalue weighted by molar-refractivity contribution is 7.90. The molecule has 0 atom stereocenters. The zero-order valence-electron chi connectivity index (χ0n) is 14.7. The van der Waals surface area contributed by atoms with Gasteiger partial charge in [-0.3, -0.25) is 0 Å². The number of imidazole rings is 1. The lowest BCUT2D eigenvalue weighted by Crippen LogP contribution is -2.13. The Balaban J connectivity index is 1.88. The Kier molecular flexibility index (Phi) is 3.73. The van der Waals surface area contributed by atoms with E-state index in [9.17, 15) is 8.42 Å². The molecule has 0 saturated carbocycles. The average molecular weight is 369 g/mol. The number of fused-ring (bicyclic) bond motifs is 1. The maximum Gasteiger partial charge on any atom is 0.268 e. The number of aromatic amines is 1. The molecule has 0 aliphatic heterocycles. The molecule has 26 heavy (non-hydrogen) atoms. The Morgan fingerprint density at radius 1 is 1.08 bits per heavy atom. The van der Waals surface area contributed by atoms with Gasteiger partial charge in [0.2, 0.25) is 0 Å². The van der Waals surface area contributed by atoms with E-state index in [1.807, 2.05) is 25.5 Å². The lowest BCUT2D eigenvalue weighted by atomic mass is 10.4. The van der Waals surface area contributed by atoms with Crippen LogP contribution in [0.3, 0.4) is 0 Å². The van der Waals surface area contributed by atoms with Crippen LogP contribution in [0.15, 0.2) is 53.6 Å². The number of nitrogens with zero attached hydrogens (tertiary/aromatic N) is 4. The number of benzene rings is 1. The smallest absolute Gasteiger partial charge is 0.268 e. The van der Waals surface area contributed by atoms with Crippen LogP contribution in [0.5, 0.6) is 0 Å². The van der Waals surface area contributed by atoms with Gasteiger partial charge in [0.25, 0.3) is 10.0 Å². The van der Waals surface area contributed by atoms with Gasteiger partial charge in [-0.15, -0.1) is 0 Å². The Labute approximate surface area is 151 Å². The molecular weight excluding hydrogens is 350 g/mol. The van der Waals surface area contributed by atoms with Crippen molar-refractivity contribution in [2.24, 2.45) is 0 Å². The third kappa shape index (κ3) is 2.45. The Hall–Kier alpha value is -2.87. The quantitative estimate of drug-likeness (QED) is 0.598. The molecule has 8 heteroatoms. The molecule has 0 aliphatic carbocycles. The molecule has 134 valence electrons. The number of rotatable bonds is 4. The molecule has 0 bridgehead atoms. The van der Waals surface area contributed by atoms with Crippen molar-refractivity contribution in [2.75, 3.05) is 0 Å². The maximum absolute atomic E-state index is 13.0. The molecule has 0 unspecified atom stereocenters. The molecular formula is C18H19N5O2S. The van der Waals surface area contributed by atoms with Gasteiger partial charge < -0.3 is 4.98 Å². The van der Waals surface area contributed by atoms with Gasteiger partial charge in [-0.25, -0.2) is 22.1 Å². The molecule has 3 heterocycles. The third-order valence-corrected chi connectivity index (χ3v) is 5.97. The molecule has 1 N–H and O–H groups in total. The number of hydrogen-bond donors (Lipinski definition) is 1. The highest BCUT2D eigenvalue weighted by atomic mass is 32.2. The molecule has 0 fully saturated rings. The summed E-state index contributed by atoms with van der Waals surface area (Å²) in [4.78, 5) is 8.08. The normalized spacial score (nSPS) is 12.3. The summed E-state index contributed by atoms with van der Waals surface area (Å²) in [7, 11) is -3.70. The van der Waals surface area contributed by atoms with Gasteiger partial charge in [0.05, 0.1) is 16.3 Å². The Morgan fingerprint density at radius 2 is 1.81 bits per heavy atom. The first kappa shape index (κ1) is 16.6. The maximum atomic E-state index is 13.0.